The number of carbonyl (C=O) groups excluding carboxylic acids is 1. The third-order valence-electron chi connectivity index (χ3n) is 3.80. The summed E-state index contributed by atoms with van der Waals surface area (Å²) in [5.74, 6) is -2.26. The van der Waals surface area contributed by atoms with Crippen LogP contribution < -0.4 is 10.2 Å². The Morgan fingerprint density at radius 2 is 2.00 bits per heavy atom. The standard InChI is InChI=1S/C14H16F2N4O/c1-17-14(21)13-18-7-10-12(19-5-3-2-4-6-19)11(16)9(15)8-20(10)13/h7-8H,2-6H2,1H3,(H,17,21). The molecule has 2 aromatic rings. The second-order valence-corrected chi connectivity index (χ2v) is 5.10. The number of hydrogen-bond acceptors (Lipinski definition) is 3. The molecule has 3 rings (SSSR count). The normalized spacial score (nSPS) is 15.5. The van der Waals surface area contributed by atoms with Crippen molar-refractivity contribution in [3.8, 4) is 0 Å². The monoisotopic (exact) mass is 294 g/mol. The highest BCUT2D eigenvalue weighted by molar-refractivity contribution is 5.92. The number of rotatable bonds is 2. The van der Waals surface area contributed by atoms with Crippen molar-refractivity contribution >= 4 is 17.1 Å². The van der Waals surface area contributed by atoms with Crippen LogP contribution in [0.15, 0.2) is 12.4 Å². The molecule has 1 N–H and O–H groups in total. The number of anilines is 1. The minimum absolute atomic E-state index is 0.0460. The molecule has 0 unspecified atom stereocenters. The number of carbonyl (C=O) groups is 1. The molecule has 0 radical (unpaired) electrons. The van der Waals surface area contributed by atoms with Crippen LogP contribution in [0, 0.1) is 11.6 Å². The van der Waals surface area contributed by atoms with E-state index in [0.29, 0.717) is 18.6 Å². The summed E-state index contributed by atoms with van der Waals surface area (Å²) in [4.78, 5) is 17.6. The van der Waals surface area contributed by atoms with Crippen LogP contribution in [0.2, 0.25) is 0 Å². The predicted octanol–water partition coefficient (Wildman–Crippen LogP) is 1.96. The maximum Gasteiger partial charge on any atom is 0.287 e. The lowest BCUT2D eigenvalue weighted by Crippen LogP contribution is -2.31. The molecule has 0 aliphatic carbocycles. The maximum atomic E-state index is 14.3. The summed E-state index contributed by atoms with van der Waals surface area (Å²) < 4.78 is 29.5. The van der Waals surface area contributed by atoms with Crippen LogP contribution in [-0.4, -0.2) is 35.4 Å². The Bertz CT molecular complexity index is 692. The molecule has 0 spiro atoms. The van der Waals surface area contributed by atoms with Crippen molar-refractivity contribution in [3.63, 3.8) is 0 Å². The van der Waals surface area contributed by atoms with Crippen LogP contribution in [0.25, 0.3) is 5.52 Å². The molecule has 1 aliphatic rings. The first-order valence-electron chi connectivity index (χ1n) is 6.95. The molecule has 5 nitrogen and oxygen atoms in total. The fourth-order valence-electron chi connectivity index (χ4n) is 2.76. The number of pyridine rings is 1. The van der Waals surface area contributed by atoms with Crippen molar-refractivity contribution < 1.29 is 13.6 Å². The summed E-state index contributed by atoms with van der Waals surface area (Å²) in [6, 6.07) is 0. The Hall–Kier alpha value is -2.18. The van der Waals surface area contributed by atoms with Gasteiger partial charge in [0.05, 0.1) is 17.9 Å². The second-order valence-electron chi connectivity index (χ2n) is 5.10. The van der Waals surface area contributed by atoms with Crippen molar-refractivity contribution in [2.75, 3.05) is 25.0 Å². The zero-order valence-corrected chi connectivity index (χ0v) is 11.7. The van der Waals surface area contributed by atoms with Gasteiger partial charge in [-0.2, -0.15) is 0 Å². The summed E-state index contributed by atoms with van der Waals surface area (Å²) in [5.41, 5.74) is 0.603. The van der Waals surface area contributed by atoms with Crippen molar-refractivity contribution in [2.24, 2.45) is 0 Å². The fraction of sp³-hybridized carbons (Fsp3) is 0.429. The molecule has 0 atom stereocenters. The molecule has 7 heteroatoms. The first-order chi connectivity index (χ1) is 10.1. The van der Waals surface area contributed by atoms with Crippen LogP contribution in [0.1, 0.15) is 29.9 Å². The highest BCUT2D eigenvalue weighted by atomic mass is 19.2. The maximum absolute atomic E-state index is 14.3. The molecule has 0 saturated carbocycles. The lowest BCUT2D eigenvalue weighted by molar-refractivity contribution is 0.0952. The van der Waals surface area contributed by atoms with E-state index in [-0.39, 0.29) is 11.5 Å². The Morgan fingerprint density at radius 3 is 2.67 bits per heavy atom. The Labute approximate surface area is 120 Å². The van der Waals surface area contributed by atoms with Crippen molar-refractivity contribution in [3.05, 3.63) is 29.9 Å². The fourth-order valence-corrected chi connectivity index (χ4v) is 2.76. The molecule has 21 heavy (non-hydrogen) atoms. The van der Waals surface area contributed by atoms with E-state index in [1.807, 2.05) is 4.90 Å². The van der Waals surface area contributed by atoms with Gasteiger partial charge in [-0.25, -0.2) is 13.8 Å². The number of piperidine rings is 1. The molecule has 1 fully saturated rings. The van der Waals surface area contributed by atoms with Gasteiger partial charge in [0, 0.05) is 20.1 Å². The third-order valence-corrected chi connectivity index (χ3v) is 3.80. The molecule has 0 aromatic carbocycles. The molecule has 3 heterocycles. The first-order valence-corrected chi connectivity index (χ1v) is 6.95. The van der Waals surface area contributed by atoms with Crippen molar-refractivity contribution in [2.45, 2.75) is 19.3 Å². The predicted molar refractivity (Wildman–Crippen MR) is 74.6 cm³/mol. The minimum atomic E-state index is -0.980. The van der Waals surface area contributed by atoms with E-state index in [1.165, 1.54) is 17.6 Å². The van der Waals surface area contributed by atoms with E-state index in [0.717, 1.165) is 25.5 Å². The van der Waals surface area contributed by atoms with Gasteiger partial charge < -0.3 is 10.2 Å². The highest BCUT2D eigenvalue weighted by Crippen LogP contribution is 2.30. The van der Waals surface area contributed by atoms with E-state index < -0.39 is 17.5 Å². The number of halogens is 2. The molecule has 2 aromatic heterocycles. The van der Waals surface area contributed by atoms with Crippen LogP contribution in [0.4, 0.5) is 14.5 Å². The van der Waals surface area contributed by atoms with E-state index in [9.17, 15) is 13.6 Å². The van der Waals surface area contributed by atoms with Gasteiger partial charge in [-0.15, -0.1) is 0 Å². The Morgan fingerprint density at radius 1 is 1.29 bits per heavy atom. The highest BCUT2D eigenvalue weighted by Gasteiger charge is 2.24. The number of aromatic nitrogens is 2. The number of fused-ring (bicyclic) bond motifs is 1. The first kappa shape index (κ1) is 13.8. The summed E-state index contributed by atoms with van der Waals surface area (Å²) in [6.45, 7) is 1.35. The van der Waals surface area contributed by atoms with Gasteiger partial charge in [0.1, 0.15) is 5.69 Å². The van der Waals surface area contributed by atoms with Gasteiger partial charge in [0.2, 0.25) is 5.82 Å². The summed E-state index contributed by atoms with van der Waals surface area (Å²) in [6.07, 6.45) is 5.36. The Kier molecular flexibility index (Phi) is 3.48. The minimum Gasteiger partial charge on any atom is -0.367 e. The Balaban J connectivity index is 2.20. The van der Waals surface area contributed by atoms with Crippen molar-refractivity contribution in [1.82, 2.24) is 14.7 Å². The third kappa shape index (κ3) is 2.22. The quantitative estimate of drug-likeness (QED) is 0.921. The summed E-state index contributed by atoms with van der Waals surface area (Å²) in [5, 5.41) is 2.44. The SMILES string of the molecule is CNC(=O)c1ncc2c(N3CCCCC3)c(F)c(F)cn12. The lowest BCUT2D eigenvalue weighted by atomic mass is 10.1. The van der Waals surface area contributed by atoms with Gasteiger partial charge in [-0.3, -0.25) is 9.20 Å². The number of imidazole rings is 1. The molecule has 1 saturated heterocycles. The molecular weight excluding hydrogens is 278 g/mol. The number of nitrogens with zero attached hydrogens (tertiary/aromatic N) is 3. The van der Waals surface area contributed by atoms with Crippen LogP contribution >= 0.6 is 0 Å². The molecular formula is C14H16F2N4O. The smallest absolute Gasteiger partial charge is 0.287 e. The number of nitrogens with one attached hydrogen (secondary N) is 1. The average Bonchev–Trinajstić information content (AvgIpc) is 2.91. The van der Waals surface area contributed by atoms with Gasteiger partial charge in [0.15, 0.2) is 11.6 Å². The van der Waals surface area contributed by atoms with Crippen LogP contribution in [0.3, 0.4) is 0 Å². The zero-order chi connectivity index (χ0) is 15.0. The lowest BCUT2D eigenvalue weighted by Gasteiger charge is -2.29. The second kappa shape index (κ2) is 5.31. The van der Waals surface area contributed by atoms with Gasteiger partial charge >= 0.3 is 0 Å². The average molecular weight is 294 g/mol. The van der Waals surface area contributed by atoms with E-state index in [1.54, 1.807) is 0 Å². The van der Waals surface area contributed by atoms with Gasteiger partial charge in [-0.1, -0.05) is 0 Å². The molecule has 1 aliphatic heterocycles. The van der Waals surface area contributed by atoms with Crippen LogP contribution in [-0.2, 0) is 0 Å². The molecule has 112 valence electrons. The van der Waals surface area contributed by atoms with E-state index in [2.05, 4.69) is 10.3 Å². The summed E-state index contributed by atoms with van der Waals surface area (Å²) >= 11 is 0. The zero-order valence-electron chi connectivity index (χ0n) is 11.7. The van der Waals surface area contributed by atoms with Gasteiger partial charge in [0.25, 0.3) is 5.91 Å². The molecule has 0 bridgehead atoms. The number of amides is 1. The van der Waals surface area contributed by atoms with E-state index in [4.69, 9.17) is 0 Å². The number of hydrogen-bond donors (Lipinski definition) is 1. The van der Waals surface area contributed by atoms with Crippen LogP contribution in [0.5, 0.6) is 0 Å². The largest absolute Gasteiger partial charge is 0.367 e. The van der Waals surface area contributed by atoms with Gasteiger partial charge in [-0.05, 0) is 19.3 Å². The van der Waals surface area contributed by atoms with Crippen molar-refractivity contribution in [1.29, 1.82) is 0 Å². The van der Waals surface area contributed by atoms with E-state index >= 15 is 0 Å². The molecule has 1 amide bonds. The summed E-state index contributed by atoms with van der Waals surface area (Å²) in [7, 11) is 1.47. The topological polar surface area (TPSA) is 49.6 Å².